The van der Waals surface area contributed by atoms with Crippen LogP contribution in [0.4, 0.5) is 0 Å². The lowest BCUT2D eigenvalue weighted by Crippen LogP contribution is -2.20. The SMILES string of the molecule is CNC(Cc1cc(C)nn1C)c1ccc(Cl)cc1Cl. The fraction of sp³-hybridized carbons (Fsp3) is 0.357. The molecule has 0 bridgehead atoms. The van der Waals surface area contributed by atoms with E-state index >= 15 is 0 Å². The van der Waals surface area contributed by atoms with Gasteiger partial charge in [0.1, 0.15) is 0 Å². The van der Waals surface area contributed by atoms with Gasteiger partial charge >= 0.3 is 0 Å². The first-order valence-corrected chi connectivity index (χ1v) is 6.88. The van der Waals surface area contributed by atoms with E-state index < -0.39 is 0 Å². The van der Waals surface area contributed by atoms with E-state index in [-0.39, 0.29) is 6.04 Å². The summed E-state index contributed by atoms with van der Waals surface area (Å²) in [5, 5.41) is 9.00. The number of likely N-dealkylation sites (N-methyl/N-ethyl adjacent to an activating group) is 1. The highest BCUT2D eigenvalue weighted by molar-refractivity contribution is 6.35. The van der Waals surface area contributed by atoms with Crippen LogP contribution in [0.5, 0.6) is 0 Å². The first kappa shape index (κ1) is 14.4. The van der Waals surface area contributed by atoms with E-state index in [4.69, 9.17) is 23.2 Å². The van der Waals surface area contributed by atoms with Crippen LogP contribution in [-0.4, -0.2) is 16.8 Å². The summed E-state index contributed by atoms with van der Waals surface area (Å²) in [7, 11) is 3.89. The molecule has 3 nitrogen and oxygen atoms in total. The predicted octanol–water partition coefficient (Wildman–Crippen LogP) is 3.54. The van der Waals surface area contributed by atoms with E-state index in [2.05, 4.69) is 16.5 Å². The third kappa shape index (κ3) is 3.30. The van der Waals surface area contributed by atoms with E-state index in [9.17, 15) is 0 Å². The van der Waals surface area contributed by atoms with E-state index in [0.29, 0.717) is 10.0 Å². The van der Waals surface area contributed by atoms with Gasteiger partial charge in [0.05, 0.1) is 5.69 Å². The number of aromatic nitrogens is 2. The second-order valence-electron chi connectivity index (χ2n) is 4.61. The zero-order valence-corrected chi connectivity index (χ0v) is 12.8. The summed E-state index contributed by atoms with van der Waals surface area (Å²) in [5.74, 6) is 0. The minimum absolute atomic E-state index is 0.138. The zero-order chi connectivity index (χ0) is 14.0. The molecule has 19 heavy (non-hydrogen) atoms. The second kappa shape index (κ2) is 5.95. The molecular weight excluding hydrogens is 281 g/mol. The van der Waals surface area contributed by atoms with Crippen LogP contribution in [0.2, 0.25) is 10.0 Å². The molecule has 1 N–H and O–H groups in total. The topological polar surface area (TPSA) is 29.9 Å². The molecule has 5 heteroatoms. The van der Waals surface area contributed by atoms with Crippen LogP contribution >= 0.6 is 23.2 Å². The fourth-order valence-corrected chi connectivity index (χ4v) is 2.76. The van der Waals surface area contributed by atoms with Crippen LogP contribution in [0, 0.1) is 6.92 Å². The maximum Gasteiger partial charge on any atom is 0.0596 e. The number of nitrogens with one attached hydrogen (secondary N) is 1. The number of hydrogen-bond acceptors (Lipinski definition) is 2. The highest BCUT2D eigenvalue weighted by atomic mass is 35.5. The van der Waals surface area contributed by atoms with Crippen molar-refractivity contribution in [1.29, 1.82) is 0 Å². The Labute approximate surface area is 123 Å². The first-order valence-electron chi connectivity index (χ1n) is 6.13. The average Bonchev–Trinajstić information content (AvgIpc) is 2.65. The standard InChI is InChI=1S/C14H17Cl2N3/c1-9-6-11(19(3)18-9)8-14(17-2)12-5-4-10(15)7-13(12)16/h4-7,14,17H,8H2,1-3H3. The van der Waals surface area contributed by atoms with Crippen molar-refractivity contribution in [2.45, 2.75) is 19.4 Å². The molecule has 1 atom stereocenters. The molecule has 102 valence electrons. The van der Waals surface area contributed by atoms with Crippen molar-refractivity contribution in [2.75, 3.05) is 7.05 Å². The zero-order valence-electron chi connectivity index (χ0n) is 11.2. The molecule has 0 amide bonds. The Balaban J connectivity index is 2.27. The minimum Gasteiger partial charge on any atom is -0.313 e. The van der Waals surface area contributed by atoms with Gasteiger partial charge in [-0.1, -0.05) is 29.3 Å². The summed E-state index contributed by atoms with van der Waals surface area (Å²) >= 11 is 12.2. The Morgan fingerprint density at radius 2 is 2.05 bits per heavy atom. The largest absolute Gasteiger partial charge is 0.313 e. The Hall–Kier alpha value is -1.03. The molecule has 1 aromatic carbocycles. The molecule has 0 spiro atoms. The van der Waals surface area contributed by atoms with Crippen molar-refractivity contribution in [2.24, 2.45) is 7.05 Å². The van der Waals surface area contributed by atoms with E-state index in [1.54, 1.807) is 6.07 Å². The number of benzene rings is 1. The summed E-state index contributed by atoms with van der Waals surface area (Å²) < 4.78 is 1.91. The smallest absolute Gasteiger partial charge is 0.0596 e. The van der Waals surface area contributed by atoms with Crippen molar-refractivity contribution in [3.63, 3.8) is 0 Å². The predicted molar refractivity (Wildman–Crippen MR) is 79.9 cm³/mol. The maximum absolute atomic E-state index is 6.27. The average molecular weight is 298 g/mol. The third-order valence-electron chi connectivity index (χ3n) is 3.20. The van der Waals surface area contributed by atoms with Gasteiger partial charge in [-0.3, -0.25) is 4.68 Å². The van der Waals surface area contributed by atoms with Crippen LogP contribution in [0.3, 0.4) is 0 Å². The molecule has 1 heterocycles. The minimum atomic E-state index is 0.138. The second-order valence-corrected chi connectivity index (χ2v) is 5.46. The van der Waals surface area contributed by atoms with Crippen molar-refractivity contribution in [3.8, 4) is 0 Å². The van der Waals surface area contributed by atoms with Gasteiger partial charge in [-0.25, -0.2) is 0 Å². The van der Waals surface area contributed by atoms with Crippen LogP contribution in [-0.2, 0) is 13.5 Å². The summed E-state index contributed by atoms with van der Waals surface area (Å²) in [6.45, 7) is 1.99. The molecule has 0 fully saturated rings. The van der Waals surface area contributed by atoms with Gasteiger partial charge in [-0.15, -0.1) is 0 Å². The molecule has 0 radical (unpaired) electrons. The summed E-state index contributed by atoms with van der Waals surface area (Å²) in [4.78, 5) is 0. The monoisotopic (exact) mass is 297 g/mol. The molecule has 1 unspecified atom stereocenters. The van der Waals surface area contributed by atoms with Gasteiger partial charge < -0.3 is 5.32 Å². The van der Waals surface area contributed by atoms with Gasteiger partial charge in [-0.2, -0.15) is 5.10 Å². The summed E-state index contributed by atoms with van der Waals surface area (Å²) in [6.07, 6.45) is 0.829. The Morgan fingerprint density at radius 1 is 1.32 bits per heavy atom. The lowest BCUT2D eigenvalue weighted by molar-refractivity contribution is 0.561. The molecule has 0 saturated heterocycles. The lowest BCUT2D eigenvalue weighted by atomic mass is 10.0. The van der Waals surface area contributed by atoms with E-state index in [0.717, 1.165) is 17.7 Å². The van der Waals surface area contributed by atoms with Crippen LogP contribution < -0.4 is 5.32 Å². The fourth-order valence-electron chi connectivity index (χ4n) is 2.22. The molecular formula is C14H17Cl2N3. The van der Waals surface area contributed by atoms with Gasteiger partial charge in [0, 0.05) is 35.2 Å². The summed E-state index contributed by atoms with van der Waals surface area (Å²) in [5.41, 5.74) is 3.24. The molecule has 0 aliphatic heterocycles. The number of hydrogen-bond donors (Lipinski definition) is 1. The normalized spacial score (nSPS) is 12.7. The van der Waals surface area contributed by atoms with Crippen molar-refractivity contribution >= 4 is 23.2 Å². The highest BCUT2D eigenvalue weighted by Gasteiger charge is 2.16. The van der Waals surface area contributed by atoms with Crippen molar-refractivity contribution in [1.82, 2.24) is 15.1 Å². The van der Waals surface area contributed by atoms with Crippen LogP contribution in [0.15, 0.2) is 24.3 Å². The van der Waals surface area contributed by atoms with Crippen LogP contribution in [0.1, 0.15) is 23.0 Å². The molecule has 0 aliphatic rings. The molecule has 0 aliphatic carbocycles. The third-order valence-corrected chi connectivity index (χ3v) is 3.76. The number of aryl methyl sites for hydroxylation is 2. The highest BCUT2D eigenvalue weighted by Crippen LogP contribution is 2.28. The maximum atomic E-state index is 6.27. The molecule has 1 aromatic heterocycles. The Kier molecular flexibility index (Phi) is 4.50. The molecule has 0 saturated carbocycles. The molecule has 2 rings (SSSR count). The van der Waals surface area contributed by atoms with Crippen molar-refractivity contribution in [3.05, 3.63) is 51.3 Å². The lowest BCUT2D eigenvalue weighted by Gasteiger charge is -2.18. The van der Waals surface area contributed by atoms with Crippen molar-refractivity contribution < 1.29 is 0 Å². The van der Waals surface area contributed by atoms with E-state index in [1.807, 2.05) is 37.8 Å². The van der Waals surface area contributed by atoms with Gasteiger partial charge in [0.15, 0.2) is 0 Å². The number of nitrogens with zero attached hydrogens (tertiary/aromatic N) is 2. The Bertz CT molecular complexity index is 578. The quantitative estimate of drug-likeness (QED) is 0.935. The summed E-state index contributed by atoms with van der Waals surface area (Å²) in [6, 6.07) is 7.84. The molecule has 2 aromatic rings. The van der Waals surface area contributed by atoms with E-state index in [1.165, 1.54) is 5.69 Å². The first-order chi connectivity index (χ1) is 9.01. The Morgan fingerprint density at radius 3 is 2.58 bits per heavy atom. The van der Waals surface area contributed by atoms with Gasteiger partial charge in [-0.05, 0) is 37.7 Å². The van der Waals surface area contributed by atoms with Gasteiger partial charge in [0.25, 0.3) is 0 Å². The van der Waals surface area contributed by atoms with Gasteiger partial charge in [0.2, 0.25) is 0 Å². The number of halogens is 2. The van der Waals surface area contributed by atoms with Crippen LogP contribution in [0.25, 0.3) is 0 Å². The number of rotatable bonds is 4.